The summed E-state index contributed by atoms with van der Waals surface area (Å²) in [5.41, 5.74) is 4.00. The lowest BCUT2D eigenvalue weighted by Gasteiger charge is -2.27. The van der Waals surface area contributed by atoms with Gasteiger partial charge in [0.1, 0.15) is 17.8 Å². The number of rotatable bonds is 5. The minimum absolute atomic E-state index is 0.0682. The first-order valence-corrected chi connectivity index (χ1v) is 9.66. The van der Waals surface area contributed by atoms with Crippen molar-refractivity contribution in [2.24, 2.45) is 0 Å². The van der Waals surface area contributed by atoms with Crippen LogP contribution in [-0.2, 0) is 13.0 Å². The van der Waals surface area contributed by atoms with E-state index in [-0.39, 0.29) is 11.9 Å². The summed E-state index contributed by atoms with van der Waals surface area (Å²) < 4.78 is 0. The molecule has 0 unspecified atom stereocenters. The normalized spacial score (nSPS) is 12.9. The van der Waals surface area contributed by atoms with Gasteiger partial charge in [0.05, 0.1) is 0 Å². The Labute approximate surface area is 165 Å². The second kappa shape index (κ2) is 7.80. The molecule has 0 saturated carbocycles. The van der Waals surface area contributed by atoms with Crippen LogP contribution in [0.1, 0.15) is 35.5 Å². The predicted molar refractivity (Wildman–Crippen MR) is 111 cm³/mol. The quantitative estimate of drug-likeness (QED) is 0.673. The summed E-state index contributed by atoms with van der Waals surface area (Å²) in [4.78, 5) is 25.9. The Balaban J connectivity index is 1.60. The van der Waals surface area contributed by atoms with Crippen molar-refractivity contribution < 1.29 is 4.79 Å². The van der Waals surface area contributed by atoms with Gasteiger partial charge in [-0.2, -0.15) is 0 Å². The van der Waals surface area contributed by atoms with Crippen LogP contribution in [0.15, 0.2) is 67.0 Å². The minimum Gasteiger partial charge on any atom is -0.331 e. The molecule has 1 aliphatic rings. The molecule has 1 amide bonds. The van der Waals surface area contributed by atoms with Crippen molar-refractivity contribution in [1.82, 2.24) is 14.9 Å². The fraction of sp³-hybridized carbons (Fsp3) is 0.261. The lowest BCUT2D eigenvalue weighted by Crippen LogP contribution is -2.37. The molecular formula is C23H24N4O. The SMILES string of the molecule is CC(C)N(Cc1ccccc1)C(=O)c1cc(N2CCc3ccccc32)ncn1. The Morgan fingerprint density at radius 3 is 2.61 bits per heavy atom. The van der Waals surface area contributed by atoms with Crippen LogP contribution in [0.25, 0.3) is 0 Å². The van der Waals surface area contributed by atoms with Gasteiger partial charge in [0.2, 0.25) is 0 Å². The van der Waals surface area contributed by atoms with Gasteiger partial charge in [0, 0.05) is 30.9 Å². The standard InChI is InChI=1S/C23H24N4O/c1-17(2)27(15-18-8-4-3-5-9-18)23(28)20-14-22(25-16-24-20)26-13-12-19-10-6-7-11-21(19)26/h3-11,14,16-17H,12-13,15H2,1-2H3. The first-order valence-electron chi connectivity index (χ1n) is 9.66. The second-order valence-corrected chi connectivity index (χ2v) is 7.30. The van der Waals surface area contributed by atoms with Crippen molar-refractivity contribution in [3.63, 3.8) is 0 Å². The van der Waals surface area contributed by atoms with E-state index >= 15 is 0 Å². The van der Waals surface area contributed by atoms with Crippen LogP contribution < -0.4 is 4.90 Å². The molecule has 0 N–H and O–H groups in total. The van der Waals surface area contributed by atoms with Crippen molar-refractivity contribution in [3.8, 4) is 0 Å². The number of fused-ring (bicyclic) bond motifs is 1. The number of hydrogen-bond donors (Lipinski definition) is 0. The number of amides is 1. The topological polar surface area (TPSA) is 49.3 Å². The van der Waals surface area contributed by atoms with Gasteiger partial charge < -0.3 is 9.80 Å². The summed E-state index contributed by atoms with van der Waals surface area (Å²) >= 11 is 0. The van der Waals surface area contributed by atoms with Gasteiger partial charge >= 0.3 is 0 Å². The number of aromatic nitrogens is 2. The summed E-state index contributed by atoms with van der Waals surface area (Å²) in [6.45, 7) is 5.48. The molecule has 5 heteroatoms. The summed E-state index contributed by atoms with van der Waals surface area (Å²) in [5, 5.41) is 0. The van der Waals surface area contributed by atoms with Crippen LogP contribution in [0.2, 0.25) is 0 Å². The highest BCUT2D eigenvalue weighted by molar-refractivity contribution is 5.93. The van der Waals surface area contributed by atoms with E-state index in [1.54, 1.807) is 0 Å². The fourth-order valence-electron chi connectivity index (χ4n) is 3.60. The molecule has 1 aromatic heterocycles. The van der Waals surface area contributed by atoms with Gasteiger partial charge in [-0.25, -0.2) is 9.97 Å². The zero-order valence-corrected chi connectivity index (χ0v) is 16.2. The third kappa shape index (κ3) is 3.60. The fourth-order valence-corrected chi connectivity index (χ4v) is 3.60. The van der Waals surface area contributed by atoms with E-state index in [4.69, 9.17) is 0 Å². The Morgan fingerprint density at radius 1 is 1.07 bits per heavy atom. The number of carbonyl (C=O) groups is 1. The highest BCUT2D eigenvalue weighted by atomic mass is 16.2. The average Bonchev–Trinajstić information content (AvgIpc) is 3.16. The average molecular weight is 372 g/mol. The lowest BCUT2D eigenvalue weighted by atomic mass is 10.1. The Kier molecular flexibility index (Phi) is 5.06. The first kappa shape index (κ1) is 18.2. The molecule has 1 aliphatic heterocycles. The number of anilines is 2. The third-order valence-corrected chi connectivity index (χ3v) is 5.12. The number of nitrogens with zero attached hydrogens (tertiary/aromatic N) is 4. The van der Waals surface area contributed by atoms with Gasteiger partial charge in [-0.15, -0.1) is 0 Å². The molecule has 0 fully saturated rings. The maximum Gasteiger partial charge on any atom is 0.273 e. The van der Waals surface area contributed by atoms with E-state index in [1.165, 1.54) is 11.9 Å². The maximum atomic E-state index is 13.2. The molecule has 2 heterocycles. The Bertz CT molecular complexity index is 971. The molecule has 0 aliphatic carbocycles. The van der Waals surface area contributed by atoms with Crippen molar-refractivity contribution in [3.05, 3.63) is 83.8 Å². The minimum atomic E-state index is -0.0741. The van der Waals surface area contributed by atoms with Crippen LogP contribution >= 0.6 is 0 Å². The molecule has 0 atom stereocenters. The lowest BCUT2D eigenvalue weighted by molar-refractivity contribution is 0.0684. The van der Waals surface area contributed by atoms with E-state index in [0.29, 0.717) is 12.2 Å². The van der Waals surface area contributed by atoms with Gasteiger partial charge in [-0.3, -0.25) is 4.79 Å². The molecule has 4 rings (SSSR count). The Morgan fingerprint density at radius 2 is 1.82 bits per heavy atom. The molecule has 142 valence electrons. The van der Waals surface area contributed by atoms with E-state index < -0.39 is 0 Å². The van der Waals surface area contributed by atoms with E-state index in [1.807, 2.05) is 61.2 Å². The monoisotopic (exact) mass is 372 g/mol. The van der Waals surface area contributed by atoms with Crippen molar-refractivity contribution in [2.75, 3.05) is 11.4 Å². The van der Waals surface area contributed by atoms with Crippen molar-refractivity contribution >= 4 is 17.4 Å². The molecule has 0 radical (unpaired) electrons. The van der Waals surface area contributed by atoms with Gasteiger partial charge in [0.15, 0.2) is 0 Å². The number of carbonyl (C=O) groups excluding carboxylic acids is 1. The van der Waals surface area contributed by atoms with Gasteiger partial charge in [0.25, 0.3) is 5.91 Å². The zero-order chi connectivity index (χ0) is 19.5. The second-order valence-electron chi connectivity index (χ2n) is 7.30. The van der Waals surface area contributed by atoms with Crippen LogP contribution in [0.5, 0.6) is 0 Å². The molecule has 0 saturated heterocycles. The van der Waals surface area contributed by atoms with Crippen LogP contribution in [-0.4, -0.2) is 33.4 Å². The zero-order valence-electron chi connectivity index (χ0n) is 16.2. The van der Waals surface area contributed by atoms with Gasteiger partial charge in [-0.05, 0) is 37.5 Å². The number of benzene rings is 2. The molecule has 28 heavy (non-hydrogen) atoms. The van der Waals surface area contributed by atoms with Crippen LogP contribution in [0, 0.1) is 0 Å². The van der Waals surface area contributed by atoms with Crippen LogP contribution in [0.3, 0.4) is 0 Å². The van der Waals surface area contributed by atoms with E-state index in [9.17, 15) is 4.79 Å². The molecule has 5 nitrogen and oxygen atoms in total. The summed E-state index contributed by atoms with van der Waals surface area (Å²) in [7, 11) is 0. The van der Waals surface area contributed by atoms with E-state index in [2.05, 4.69) is 33.1 Å². The van der Waals surface area contributed by atoms with Crippen LogP contribution in [0.4, 0.5) is 11.5 Å². The number of hydrogen-bond acceptors (Lipinski definition) is 4. The first-order chi connectivity index (χ1) is 13.6. The van der Waals surface area contributed by atoms with Crippen molar-refractivity contribution in [2.45, 2.75) is 32.9 Å². The molecular weight excluding hydrogens is 348 g/mol. The smallest absolute Gasteiger partial charge is 0.273 e. The largest absolute Gasteiger partial charge is 0.331 e. The maximum absolute atomic E-state index is 13.2. The molecule has 0 spiro atoms. The number of para-hydroxylation sites is 1. The van der Waals surface area contributed by atoms with Gasteiger partial charge in [-0.1, -0.05) is 48.5 Å². The molecule has 3 aromatic rings. The third-order valence-electron chi connectivity index (χ3n) is 5.12. The Hall–Kier alpha value is -3.21. The predicted octanol–water partition coefficient (Wildman–Crippen LogP) is 4.22. The molecule has 2 aromatic carbocycles. The highest BCUT2D eigenvalue weighted by Crippen LogP contribution is 2.33. The molecule has 0 bridgehead atoms. The summed E-state index contributed by atoms with van der Waals surface area (Å²) in [6.07, 6.45) is 2.47. The van der Waals surface area contributed by atoms with E-state index in [0.717, 1.165) is 30.0 Å². The summed E-state index contributed by atoms with van der Waals surface area (Å²) in [6, 6.07) is 20.2. The van der Waals surface area contributed by atoms with Crippen molar-refractivity contribution in [1.29, 1.82) is 0 Å². The summed E-state index contributed by atoms with van der Waals surface area (Å²) in [5.74, 6) is 0.696. The highest BCUT2D eigenvalue weighted by Gasteiger charge is 2.24.